The summed E-state index contributed by atoms with van der Waals surface area (Å²) in [4.78, 5) is 25.0. The fraction of sp³-hybridized carbons (Fsp3) is 0.214. The third-order valence-electron chi connectivity index (χ3n) is 6.60. The molecule has 0 aliphatic rings. The normalized spacial score (nSPS) is 12.3. The van der Waals surface area contributed by atoms with E-state index < -0.39 is 0 Å². The van der Waals surface area contributed by atoms with Crippen LogP contribution in [0.1, 0.15) is 38.6 Å². The van der Waals surface area contributed by atoms with Crippen LogP contribution in [0.3, 0.4) is 0 Å². The zero-order valence-corrected chi connectivity index (χ0v) is 20.7. The van der Waals surface area contributed by atoms with Crippen LogP contribution in [0.25, 0.3) is 44.3 Å². The Morgan fingerprint density at radius 1 is 1.08 bits per heavy atom. The van der Waals surface area contributed by atoms with Crippen LogP contribution < -0.4 is 11.5 Å². The van der Waals surface area contributed by atoms with Crippen molar-refractivity contribution in [2.45, 2.75) is 38.6 Å². The molecule has 8 heteroatoms. The van der Waals surface area contributed by atoms with Gasteiger partial charge in [-0.3, -0.25) is 4.79 Å². The van der Waals surface area contributed by atoms with E-state index in [1.807, 2.05) is 60.8 Å². The number of carbonyl (C=O) groups is 1. The van der Waals surface area contributed by atoms with Crippen molar-refractivity contribution in [3.63, 3.8) is 0 Å². The highest BCUT2D eigenvalue weighted by Gasteiger charge is 2.21. The third kappa shape index (κ3) is 4.50. The molecule has 1 atom stereocenters. The van der Waals surface area contributed by atoms with Crippen LogP contribution in [-0.2, 0) is 4.79 Å². The highest BCUT2D eigenvalue weighted by molar-refractivity contribution is 6.34. The van der Waals surface area contributed by atoms with E-state index in [1.165, 1.54) is 6.33 Å². The molecule has 5 aromatic rings. The fourth-order valence-corrected chi connectivity index (χ4v) is 5.04. The molecule has 7 nitrogen and oxygen atoms in total. The SMILES string of the molecule is CCC(CCCC(N)=O)n1cc(-c2cc3nc(-c4ccccc4)ccc3cc2Cl)c2c(N)ncnc21. The molecule has 0 fully saturated rings. The molecular weight excluding hydrogens is 472 g/mol. The van der Waals surface area contributed by atoms with Crippen molar-refractivity contribution in [1.82, 2.24) is 19.5 Å². The maximum Gasteiger partial charge on any atom is 0.217 e. The molecule has 4 N–H and O–H groups in total. The van der Waals surface area contributed by atoms with Gasteiger partial charge in [-0.2, -0.15) is 0 Å². The Morgan fingerprint density at radius 2 is 1.89 bits per heavy atom. The second kappa shape index (κ2) is 9.95. The summed E-state index contributed by atoms with van der Waals surface area (Å²) in [5.41, 5.74) is 16.9. The molecule has 1 amide bonds. The number of fused-ring (bicyclic) bond motifs is 2. The molecule has 0 saturated carbocycles. The summed E-state index contributed by atoms with van der Waals surface area (Å²) < 4.78 is 2.12. The van der Waals surface area contributed by atoms with Gasteiger partial charge in [0.05, 0.1) is 16.6 Å². The molecule has 0 bridgehead atoms. The van der Waals surface area contributed by atoms with Gasteiger partial charge in [0.25, 0.3) is 0 Å². The van der Waals surface area contributed by atoms with Gasteiger partial charge in [0, 0.05) is 45.8 Å². The van der Waals surface area contributed by atoms with Gasteiger partial charge in [-0.05, 0) is 37.5 Å². The smallest absolute Gasteiger partial charge is 0.217 e. The number of hydrogen-bond donors (Lipinski definition) is 2. The van der Waals surface area contributed by atoms with Gasteiger partial charge in [0.2, 0.25) is 5.91 Å². The summed E-state index contributed by atoms with van der Waals surface area (Å²) >= 11 is 6.82. The highest BCUT2D eigenvalue weighted by atomic mass is 35.5. The van der Waals surface area contributed by atoms with E-state index >= 15 is 0 Å². The Hall–Kier alpha value is -3.97. The number of pyridine rings is 1. The molecule has 5 rings (SSSR count). The van der Waals surface area contributed by atoms with Crippen molar-refractivity contribution < 1.29 is 4.79 Å². The topological polar surface area (TPSA) is 113 Å². The number of halogens is 1. The fourth-order valence-electron chi connectivity index (χ4n) is 4.76. The Balaban J connectivity index is 1.65. The van der Waals surface area contributed by atoms with Gasteiger partial charge in [0.15, 0.2) is 0 Å². The van der Waals surface area contributed by atoms with Crippen LogP contribution in [0.2, 0.25) is 5.02 Å². The summed E-state index contributed by atoms with van der Waals surface area (Å²) in [7, 11) is 0. The first-order valence-corrected chi connectivity index (χ1v) is 12.4. The number of nitrogens with two attached hydrogens (primary N) is 2. The summed E-state index contributed by atoms with van der Waals surface area (Å²) in [6, 6.07) is 18.2. The monoisotopic (exact) mass is 498 g/mol. The first kappa shape index (κ1) is 23.8. The summed E-state index contributed by atoms with van der Waals surface area (Å²) in [5.74, 6) is 0.0997. The number of carbonyl (C=O) groups excluding carboxylic acids is 1. The zero-order valence-electron chi connectivity index (χ0n) is 20.0. The first-order valence-electron chi connectivity index (χ1n) is 12.0. The van der Waals surface area contributed by atoms with Crippen molar-refractivity contribution in [2.24, 2.45) is 5.73 Å². The van der Waals surface area contributed by atoms with E-state index in [4.69, 9.17) is 28.1 Å². The number of nitrogen functional groups attached to an aromatic ring is 1. The Bertz CT molecular complexity index is 1560. The Labute approximate surface area is 214 Å². The van der Waals surface area contributed by atoms with Crippen molar-refractivity contribution in [2.75, 3.05) is 5.73 Å². The van der Waals surface area contributed by atoms with Crippen molar-refractivity contribution in [1.29, 1.82) is 0 Å². The standard InChI is InChI=1S/C28H27ClN6O/c1-2-19(9-6-10-25(30)36)35-15-21(26-27(31)32-16-33-28(26)35)20-14-24-18(13-22(20)29)11-12-23(34-24)17-7-4-3-5-8-17/h3-5,7-8,11-16,19H,2,6,9-10H2,1H3,(H2,30,36)(H2,31,32,33). The maximum absolute atomic E-state index is 11.3. The second-order valence-corrected chi connectivity index (χ2v) is 9.32. The second-order valence-electron chi connectivity index (χ2n) is 8.92. The molecule has 0 aliphatic heterocycles. The van der Waals surface area contributed by atoms with Gasteiger partial charge in [-0.15, -0.1) is 0 Å². The van der Waals surface area contributed by atoms with Gasteiger partial charge in [-0.1, -0.05) is 54.9 Å². The molecular formula is C28H27ClN6O. The molecule has 3 heterocycles. The third-order valence-corrected chi connectivity index (χ3v) is 6.91. The average Bonchev–Trinajstić information content (AvgIpc) is 3.27. The zero-order chi connectivity index (χ0) is 25.2. The predicted molar refractivity (Wildman–Crippen MR) is 145 cm³/mol. The van der Waals surface area contributed by atoms with E-state index in [-0.39, 0.29) is 11.9 Å². The number of anilines is 1. The van der Waals surface area contributed by atoms with E-state index in [2.05, 4.69) is 21.5 Å². The minimum Gasteiger partial charge on any atom is -0.383 e. The summed E-state index contributed by atoms with van der Waals surface area (Å²) in [6.45, 7) is 2.11. The lowest BCUT2D eigenvalue weighted by Crippen LogP contribution is -2.12. The Morgan fingerprint density at radius 3 is 2.64 bits per heavy atom. The molecule has 3 aromatic heterocycles. The summed E-state index contributed by atoms with van der Waals surface area (Å²) in [6.07, 6.45) is 6.23. The molecule has 1 unspecified atom stereocenters. The maximum atomic E-state index is 11.3. The lowest BCUT2D eigenvalue weighted by molar-refractivity contribution is -0.118. The highest BCUT2D eigenvalue weighted by Crippen LogP contribution is 2.40. The van der Waals surface area contributed by atoms with Crippen LogP contribution in [0.15, 0.2) is 67.1 Å². The lowest BCUT2D eigenvalue weighted by atomic mass is 10.0. The number of amides is 1. The summed E-state index contributed by atoms with van der Waals surface area (Å²) in [5, 5.41) is 2.31. The van der Waals surface area contributed by atoms with Gasteiger partial charge < -0.3 is 16.0 Å². The minimum atomic E-state index is -0.292. The molecule has 182 valence electrons. The first-order chi connectivity index (χ1) is 17.5. The van der Waals surface area contributed by atoms with Crippen LogP contribution in [0.5, 0.6) is 0 Å². The quantitative estimate of drug-likeness (QED) is 0.266. The minimum absolute atomic E-state index is 0.122. The molecule has 0 spiro atoms. The van der Waals surface area contributed by atoms with Gasteiger partial charge in [-0.25, -0.2) is 15.0 Å². The van der Waals surface area contributed by atoms with E-state index in [1.54, 1.807) is 0 Å². The van der Waals surface area contributed by atoms with Crippen LogP contribution in [-0.4, -0.2) is 25.4 Å². The van der Waals surface area contributed by atoms with Crippen LogP contribution >= 0.6 is 11.6 Å². The van der Waals surface area contributed by atoms with Gasteiger partial charge >= 0.3 is 0 Å². The largest absolute Gasteiger partial charge is 0.383 e. The number of aromatic nitrogens is 4. The number of hydrogen-bond acceptors (Lipinski definition) is 5. The van der Waals surface area contributed by atoms with Crippen LogP contribution in [0.4, 0.5) is 5.82 Å². The van der Waals surface area contributed by atoms with Crippen molar-refractivity contribution in [3.8, 4) is 22.4 Å². The molecule has 0 saturated heterocycles. The van der Waals surface area contributed by atoms with E-state index in [0.29, 0.717) is 23.7 Å². The number of benzene rings is 2. The number of rotatable bonds is 8. The Kier molecular flexibility index (Phi) is 6.57. The number of nitrogens with zero attached hydrogens (tertiary/aromatic N) is 4. The molecule has 2 aromatic carbocycles. The van der Waals surface area contributed by atoms with Crippen molar-refractivity contribution in [3.05, 3.63) is 72.1 Å². The molecule has 36 heavy (non-hydrogen) atoms. The lowest BCUT2D eigenvalue weighted by Gasteiger charge is -2.17. The van der Waals surface area contributed by atoms with E-state index in [0.717, 1.165) is 57.2 Å². The molecule has 0 radical (unpaired) electrons. The number of primary amides is 1. The van der Waals surface area contributed by atoms with E-state index in [9.17, 15) is 4.79 Å². The predicted octanol–water partition coefficient (Wildman–Crippen LogP) is 6.16. The van der Waals surface area contributed by atoms with Crippen LogP contribution in [0, 0.1) is 0 Å². The average molecular weight is 499 g/mol. The molecule has 0 aliphatic carbocycles. The van der Waals surface area contributed by atoms with Crippen molar-refractivity contribution >= 4 is 45.3 Å². The van der Waals surface area contributed by atoms with Gasteiger partial charge in [0.1, 0.15) is 17.8 Å².